The van der Waals surface area contributed by atoms with Crippen molar-refractivity contribution in [1.29, 1.82) is 0 Å². The molecule has 0 aromatic heterocycles. The lowest BCUT2D eigenvalue weighted by Gasteiger charge is -2.07. The topological polar surface area (TPSA) is 52.4 Å². The van der Waals surface area contributed by atoms with Crippen LogP contribution in [0, 0.1) is 10.1 Å². The molecule has 0 atom stereocenters. The number of unbranched alkanes of at least 4 members (excludes halogenated alkanes) is 2. The lowest BCUT2D eigenvalue weighted by Crippen LogP contribution is -2.01. The van der Waals surface area contributed by atoms with E-state index in [-0.39, 0.29) is 24.0 Å². The number of halogens is 2. The Morgan fingerprint density at radius 1 is 1.33 bits per heavy atom. The van der Waals surface area contributed by atoms with E-state index in [1.54, 1.807) is 12.1 Å². The molecule has 0 spiro atoms. The molecule has 4 nitrogen and oxygen atoms in total. The van der Waals surface area contributed by atoms with Crippen LogP contribution in [0.1, 0.15) is 24.8 Å². The van der Waals surface area contributed by atoms with Gasteiger partial charge in [-0.15, -0.1) is 11.6 Å². The molecule has 0 saturated carbocycles. The summed E-state index contributed by atoms with van der Waals surface area (Å²) in [5.74, 6) is 0.495. The van der Waals surface area contributed by atoms with Crippen molar-refractivity contribution in [2.75, 3.05) is 13.3 Å². The quantitative estimate of drug-likeness (QED) is 0.313. The van der Waals surface area contributed by atoms with E-state index in [2.05, 4.69) is 0 Å². The number of nitro groups is 1. The number of hydrogen-bond donors (Lipinski definition) is 0. The Balaban J connectivity index is 2.63. The largest absolute Gasteiger partial charge is 0.487 e. The second-order valence-corrected chi connectivity index (χ2v) is 4.06. The summed E-state index contributed by atoms with van der Waals surface area (Å²) in [5.41, 5.74) is 0.690. The first-order valence-corrected chi connectivity index (χ1v) is 6.24. The van der Waals surface area contributed by atoms with E-state index >= 15 is 0 Å². The van der Waals surface area contributed by atoms with Crippen LogP contribution in [-0.2, 0) is 5.88 Å². The summed E-state index contributed by atoms with van der Waals surface area (Å²) >= 11 is 5.67. The molecule has 18 heavy (non-hydrogen) atoms. The van der Waals surface area contributed by atoms with Gasteiger partial charge in [0.25, 0.3) is 0 Å². The maximum atomic E-state index is 11.9. The first kappa shape index (κ1) is 14.7. The highest BCUT2D eigenvalue weighted by Gasteiger charge is 2.15. The van der Waals surface area contributed by atoms with Crippen LogP contribution < -0.4 is 4.74 Å². The summed E-state index contributed by atoms with van der Waals surface area (Å²) in [6, 6.07) is 4.55. The highest BCUT2D eigenvalue weighted by Crippen LogP contribution is 2.28. The van der Waals surface area contributed by atoms with Crippen LogP contribution >= 0.6 is 11.6 Å². The lowest BCUT2D eigenvalue weighted by atomic mass is 10.2. The molecule has 0 radical (unpaired) electrons. The van der Waals surface area contributed by atoms with Gasteiger partial charge in [-0.3, -0.25) is 14.5 Å². The Morgan fingerprint density at radius 3 is 2.72 bits per heavy atom. The molecule has 0 fully saturated rings. The number of benzene rings is 1. The van der Waals surface area contributed by atoms with E-state index < -0.39 is 4.92 Å². The summed E-state index contributed by atoms with van der Waals surface area (Å²) in [5, 5.41) is 10.8. The minimum Gasteiger partial charge on any atom is -0.487 e. The van der Waals surface area contributed by atoms with Gasteiger partial charge in [-0.05, 0) is 30.9 Å². The molecule has 1 rings (SSSR count). The number of rotatable bonds is 8. The summed E-state index contributed by atoms with van der Waals surface area (Å²) in [4.78, 5) is 10.3. The van der Waals surface area contributed by atoms with Crippen LogP contribution in [0.2, 0.25) is 0 Å². The van der Waals surface area contributed by atoms with Gasteiger partial charge < -0.3 is 4.74 Å². The first-order valence-electron chi connectivity index (χ1n) is 5.71. The molecular weight excluding hydrogens is 261 g/mol. The Bertz CT molecular complexity index is 401. The zero-order valence-electron chi connectivity index (χ0n) is 9.90. The third-order valence-electron chi connectivity index (χ3n) is 2.41. The smallest absolute Gasteiger partial charge is 0.310 e. The standard InChI is InChI=1S/C12H15ClFNO3/c13-9-10-4-5-11(15(16)17)12(8-10)18-7-3-1-2-6-14/h4-5,8H,1-3,6-7,9H2. The van der Waals surface area contributed by atoms with Gasteiger partial charge in [-0.25, -0.2) is 0 Å². The van der Waals surface area contributed by atoms with Gasteiger partial charge in [-0.2, -0.15) is 0 Å². The van der Waals surface area contributed by atoms with Crippen molar-refractivity contribution < 1.29 is 14.1 Å². The van der Waals surface area contributed by atoms with E-state index in [9.17, 15) is 14.5 Å². The SMILES string of the molecule is O=[N+]([O-])c1ccc(CCl)cc1OCCCCCF. The Labute approximate surface area is 110 Å². The molecule has 0 aliphatic rings. The predicted octanol–water partition coefficient (Wildman–Crippen LogP) is 3.85. The number of nitro benzene ring substituents is 1. The van der Waals surface area contributed by atoms with Crippen molar-refractivity contribution in [3.8, 4) is 5.75 Å². The lowest BCUT2D eigenvalue weighted by molar-refractivity contribution is -0.385. The molecule has 0 unspecified atom stereocenters. The molecule has 0 N–H and O–H groups in total. The third kappa shape index (κ3) is 4.49. The molecule has 0 amide bonds. The molecule has 6 heteroatoms. The van der Waals surface area contributed by atoms with E-state index in [4.69, 9.17) is 16.3 Å². The molecule has 0 aliphatic heterocycles. The van der Waals surface area contributed by atoms with Gasteiger partial charge in [-0.1, -0.05) is 6.07 Å². The molecular formula is C12H15ClFNO3. The van der Waals surface area contributed by atoms with Crippen molar-refractivity contribution in [2.45, 2.75) is 25.1 Å². The second kappa shape index (κ2) is 7.87. The molecule has 0 saturated heterocycles. The molecule has 100 valence electrons. The fraction of sp³-hybridized carbons (Fsp3) is 0.500. The number of hydrogen-bond acceptors (Lipinski definition) is 3. The van der Waals surface area contributed by atoms with Crippen LogP contribution in [0.25, 0.3) is 0 Å². The van der Waals surface area contributed by atoms with Crippen LogP contribution in [-0.4, -0.2) is 18.2 Å². The Morgan fingerprint density at radius 2 is 2.11 bits per heavy atom. The van der Waals surface area contributed by atoms with E-state index in [1.807, 2.05) is 0 Å². The minimum atomic E-state index is -0.491. The average Bonchev–Trinajstić information content (AvgIpc) is 2.38. The summed E-state index contributed by atoms with van der Waals surface area (Å²) < 4.78 is 17.2. The Kier molecular flexibility index (Phi) is 6.43. The average molecular weight is 276 g/mol. The highest BCUT2D eigenvalue weighted by atomic mass is 35.5. The third-order valence-corrected chi connectivity index (χ3v) is 2.72. The van der Waals surface area contributed by atoms with Crippen LogP contribution in [0.15, 0.2) is 18.2 Å². The summed E-state index contributed by atoms with van der Waals surface area (Å²) in [6.45, 7) is -0.00550. The molecule has 1 aromatic rings. The van der Waals surface area contributed by atoms with Crippen molar-refractivity contribution in [2.24, 2.45) is 0 Å². The van der Waals surface area contributed by atoms with Crippen LogP contribution in [0.4, 0.5) is 10.1 Å². The maximum Gasteiger partial charge on any atom is 0.310 e. The van der Waals surface area contributed by atoms with E-state index in [0.717, 1.165) is 5.56 Å². The fourth-order valence-corrected chi connectivity index (χ4v) is 1.63. The molecule has 0 bridgehead atoms. The molecule has 1 aromatic carbocycles. The van der Waals surface area contributed by atoms with Crippen molar-refractivity contribution in [3.05, 3.63) is 33.9 Å². The first-order chi connectivity index (χ1) is 8.69. The van der Waals surface area contributed by atoms with Crippen LogP contribution in [0.3, 0.4) is 0 Å². The van der Waals surface area contributed by atoms with Gasteiger partial charge in [0.15, 0.2) is 5.75 Å². The van der Waals surface area contributed by atoms with Gasteiger partial charge >= 0.3 is 5.69 Å². The van der Waals surface area contributed by atoms with Crippen molar-refractivity contribution >= 4 is 17.3 Å². The zero-order valence-corrected chi connectivity index (χ0v) is 10.7. The highest BCUT2D eigenvalue weighted by molar-refractivity contribution is 6.17. The predicted molar refractivity (Wildman–Crippen MR) is 68.0 cm³/mol. The normalized spacial score (nSPS) is 10.3. The van der Waals surface area contributed by atoms with Crippen molar-refractivity contribution in [1.82, 2.24) is 0 Å². The second-order valence-electron chi connectivity index (χ2n) is 3.79. The van der Waals surface area contributed by atoms with Crippen molar-refractivity contribution in [3.63, 3.8) is 0 Å². The van der Waals surface area contributed by atoms with E-state index in [0.29, 0.717) is 25.9 Å². The summed E-state index contributed by atoms with van der Waals surface area (Å²) in [7, 11) is 0. The van der Waals surface area contributed by atoms with Gasteiger partial charge in [0.2, 0.25) is 0 Å². The maximum absolute atomic E-state index is 11.9. The Hall–Kier alpha value is -1.36. The van der Waals surface area contributed by atoms with Gasteiger partial charge in [0.1, 0.15) is 0 Å². The number of alkyl halides is 2. The van der Waals surface area contributed by atoms with E-state index in [1.165, 1.54) is 6.07 Å². The fourth-order valence-electron chi connectivity index (χ4n) is 1.46. The molecule has 0 aliphatic carbocycles. The van der Waals surface area contributed by atoms with Crippen LogP contribution in [0.5, 0.6) is 5.75 Å². The minimum absolute atomic E-state index is 0.0747. The summed E-state index contributed by atoms with van der Waals surface area (Å²) in [6.07, 6.45) is 1.87. The number of ether oxygens (including phenoxy) is 1. The zero-order chi connectivity index (χ0) is 13.4. The van der Waals surface area contributed by atoms with Gasteiger partial charge in [0, 0.05) is 11.9 Å². The van der Waals surface area contributed by atoms with Gasteiger partial charge in [0.05, 0.1) is 18.2 Å². The number of nitrogens with zero attached hydrogens (tertiary/aromatic N) is 1. The monoisotopic (exact) mass is 275 g/mol. The molecule has 0 heterocycles.